The van der Waals surface area contributed by atoms with Gasteiger partial charge in [0.2, 0.25) is 0 Å². The molecule has 74 valence electrons. The van der Waals surface area contributed by atoms with Gasteiger partial charge in [-0.05, 0) is 6.07 Å². The van der Waals surface area contributed by atoms with E-state index in [9.17, 15) is 0 Å². The van der Waals surface area contributed by atoms with Crippen LogP contribution in [-0.2, 0) is 0 Å². The molecule has 0 aliphatic carbocycles. The quantitative estimate of drug-likeness (QED) is 0.782. The molecule has 0 spiro atoms. The highest BCUT2D eigenvalue weighted by atomic mass is 16.5. The fraction of sp³-hybridized carbons (Fsp3) is 0.300. The molecule has 4 heteroatoms. The number of methoxy groups -OCH3 is 2. The third-order valence-electron chi connectivity index (χ3n) is 1.91. The van der Waals surface area contributed by atoms with Gasteiger partial charge in [-0.2, -0.15) is 5.26 Å². The van der Waals surface area contributed by atoms with Crippen LogP contribution in [0.5, 0.6) is 11.5 Å². The minimum atomic E-state index is -0.694. The van der Waals surface area contributed by atoms with Crippen molar-refractivity contribution in [3.63, 3.8) is 0 Å². The second-order valence-corrected chi connectivity index (χ2v) is 2.69. The summed E-state index contributed by atoms with van der Waals surface area (Å²) in [7, 11) is 3.06. The van der Waals surface area contributed by atoms with Crippen molar-refractivity contribution in [3.05, 3.63) is 23.8 Å². The number of ether oxygens (including phenoxy) is 2. The van der Waals surface area contributed by atoms with E-state index in [0.29, 0.717) is 17.1 Å². The first-order valence-electron chi connectivity index (χ1n) is 4.10. The fourth-order valence-corrected chi connectivity index (χ4v) is 1.23. The number of benzene rings is 1. The van der Waals surface area contributed by atoms with Crippen molar-refractivity contribution in [1.82, 2.24) is 0 Å². The van der Waals surface area contributed by atoms with Crippen molar-refractivity contribution in [1.29, 1.82) is 5.26 Å². The van der Waals surface area contributed by atoms with Crippen molar-refractivity contribution < 1.29 is 9.47 Å². The van der Waals surface area contributed by atoms with E-state index in [1.165, 1.54) is 7.11 Å². The molecule has 0 aromatic heterocycles. The van der Waals surface area contributed by atoms with Crippen LogP contribution in [0.15, 0.2) is 18.2 Å². The van der Waals surface area contributed by atoms with Gasteiger partial charge in [0.25, 0.3) is 0 Å². The number of nitrogens with two attached hydrogens (primary N) is 1. The summed E-state index contributed by atoms with van der Waals surface area (Å²) in [6.07, 6.45) is 0. The predicted molar refractivity (Wildman–Crippen MR) is 52.1 cm³/mol. The highest BCUT2D eigenvalue weighted by Crippen LogP contribution is 2.33. The Hall–Kier alpha value is -1.73. The molecule has 0 aliphatic rings. The van der Waals surface area contributed by atoms with Crippen LogP contribution in [0.3, 0.4) is 0 Å². The molecule has 1 aromatic rings. The van der Waals surface area contributed by atoms with Gasteiger partial charge in [-0.15, -0.1) is 0 Å². The van der Waals surface area contributed by atoms with Crippen LogP contribution in [-0.4, -0.2) is 14.2 Å². The van der Waals surface area contributed by atoms with E-state index in [0.717, 1.165) is 0 Å². The van der Waals surface area contributed by atoms with Gasteiger partial charge in [0.05, 0.1) is 20.3 Å². The number of nitriles is 1. The van der Waals surface area contributed by atoms with E-state index >= 15 is 0 Å². The molecule has 0 heterocycles. The monoisotopic (exact) mass is 192 g/mol. The first-order chi connectivity index (χ1) is 6.74. The normalized spacial score (nSPS) is 11.6. The molecule has 4 nitrogen and oxygen atoms in total. The SMILES string of the molecule is COc1cccc([C@@H](N)C#N)c1OC. The van der Waals surface area contributed by atoms with Crippen LogP contribution >= 0.6 is 0 Å². The lowest BCUT2D eigenvalue weighted by atomic mass is 10.1. The number of nitrogens with zero attached hydrogens (tertiary/aromatic N) is 1. The molecule has 1 atom stereocenters. The minimum absolute atomic E-state index is 0.518. The summed E-state index contributed by atoms with van der Waals surface area (Å²) in [4.78, 5) is 0. The van der Waals surface area contributed by atoms with Crippen LogP contribution in [0.4, 0.5) is 0 Å². The average molecular weight is 192 g/mol. The van der Waals surface area contributed by atoms with Gasteiger partial charge in [-0.1, -0.05) is 12.1 Å². The van der Waals surface area contributed by atoms with E-state index in [-0.39, 0.29) is 0 Å². The van der Waals surface area contributed by atoms with Gasteiger partial charge >= 0.3 is 0 Å². The Bertz CT molecular complexity index is 358. The van der Waals surface area contributed by atoms with Gasteiger partial charge in [0.15, 0.2) is 11.5 Å². The van der Waals surface area contributed by atoms with E-state index in [1.54, 1.807) is 25.3 Å². The number of hydrogen-bond donors (Lipinski definition) is 1. The molecule has 0 fully saturated rings. The molecular formula is C10H12N2O2. The fourth-order valence-electron chi connectivity index (χ4n) is 1.23. The maximum Gasteiger partial charge on any atom is 0.166 e. The zero-order valence-electron chi connectivity index (χ0n) is 8.15. The lowest BCUT2D eigenvalue weighted by Gasteiger charge is -2.13. The van der Waals surface area contributed by atoms with Gasteiger partial charge in [-0.3, -0.25) is 0 Å². The predicted octanol–water partition coefficient (Wildman–Crippen LogP) is 1.23. The molecule has 0 aliphatic heterocycles. The van der Waals surface area contributed by atoms with Gasteiger partial charge < -0.3 is 15.2 Å². The van der Waals surface area contributed by atoms with Crippen LogP contribution in [0.2, 0.25) is 0 Å². The van der Waals surface area contributed by atoms with Crippen LogP contribution in [0.1, 0.15) is 11.6 Å². The smallest absolute Gasteiger partial charge is 0.166 e. The lowest BCUT2D eigenvalue weighted by Crippen LogP contribution is -2.09. The Kier molecular flexibility index (Phi) is 3.32. The number of para-hydroxylation sites is 1. The molecule has 14 heavy (non-hydrogen) atoms. The van der Waals surface area contributed by atoms with E-state index < -0.39 is 6.04 Å². The van der Waals surface area contributed by atoms with Gasteiger partial charge in [0, 0.05) is 5.56 Å². The summed E-state index contributed by atoms with van der Waals surface area (Å²) in [5.41, 5.74) is 6.23. The standard InChI is InChI=1S/C10H12N2O2/c1-13-9-5-3-4-7(8(12)6-11)10(9)14-2/h3-5,8H,12H2,1-2H3/t8-/m0/s1. The van der Waals surface area contributed by atoms with Crippen molar-refractivity contribution in [3.8, 4) is 17.6 Å². The molecule has 0 radical (unpaired) electrons. The first-order valence-corrected chi connectivity index (χ1v) is 4.10. The Morgan fingerprint density at radius 2 is 2.07 bits per heavy atom. The molecule has 0 bridgehead atoms. The van der Waals surface area contributed by atoms with Crippen LogP contribution in [0.25, 0.3) is 0 Å². The van der Waals surface area contributed by atoms with E-state index in [1.807, 2.05) is 6.07 Å². The molecular weight excluding hydrogens is 180 g/mol. The summed E-state index contributed by atoms with van der Waals surface area (Å²) in [5.74, 6) is 1.10. The summed E-state index contributed by atoms with van der Waals surface area (Å²) >= 11 is 0. The van der Waals surface area contributed by atoms with Crippen molar-refractivity contribution in [2.75, 3.05) is 14.2 Å². The number of hydrogen-bond acceptors (Lipinski definition) is 4. The summed E-state index contributed by atoms with van der Waals surface area (Å²) < 4.78 is 10.2. The van der Waals surface area contributed by atoms with Crippen LogP contribution < -0.4 is 15.2 Å². The Balaban J connectivity index is 3.23. The topological polar surface area (TPSA) is 68.3 Å². The molecule has 0 saturated heterocycles. The van der Waals surface area contributed by atoms with Crippen molar-refractivity contribution in [2.45, 2.75) is 6.04 Å². The Morgan fingerprint density at radius 3 is 2.57 bits per heavy atom. The maximum atomic E-state index is 8.70. The van der Waals surface area contributed by atoms with Gasteiger partial charge in [-0.25, -0.2) is 0 Å². The zero-order chi connectivity index (χ0) is 10.6. The van der Waals surface area contributed by atoms with Crippen LogP contribution in [0, 0.1) is 11.3 Å². The van der Waals surface area contributed by atoms with Crippen molar-refractivity contribution >= 4 is 0 Å². The maximum absolute atomic E-state index is 8.70. The lowest BCUT2D eigenvalue weighted by molar-refractivity contribution is 0.351. The molecule has 0 unspecified atom stereocenters. The Morgan fingerprint density at radius 1 is 1.36 bits per heavy atom. The molecule has 0 amide bonds. The second-order valence-electron chi connectivity index (χ2n) is 2.69. The zero-order valence-corrected chi connectivity index (χ0v) is 8.15. The molecule has 0 saturated carbocycles. The molecule has 1 aromatic carbocycles. The van der Waals surface area contributed by atoms with Crippen molar-refractivity contribution in [2.24, 2.45) is 5.73 Å². The first kappa shape index (κ1) is 10.4. The van der Waals surface area contributed by atoms with E-state index in [2.05, 4.69) is 0 Å². The van der Waals surface area contributed by atoms with Gasteiger partial charge in [0.1, 0.15) is 6.04 Å². The summed E-state index contributed by atoms with van der Waals surface area (Å²) in [6, 6.07) is 6.53. The summed E-state index contributed by atoms with van der Waals surface area (Å²) in [5, 5.41) is 8.70. The number of rotatable bonds is 3. The average Bonchev–Trinajstić information content (AvgIpc) is 2.26. The Labute approximate surface area is 82.9 Å². The molecule has 2 N–H and O–H groups in total. The third-order valence-corrected chi connectivity index (χ3v) is 1.91. The second kappa shape index (κ2) is 4.49. The minimum Gasteiger partial charge on any atom is -0.493 e. The third kappa shape index (κ3) is 1.78. The highest BCUT2D eigenvalue weighted by molar-refractivity contribution is 5.49. The highest BCUT2D eigenvalue weighted by Gasteiger charge is 2.14. The largest absolute Gasteiger partial charge is 0.493 e. The molecule has 1 rings (SSSR count). The van der Waals surface area contributed by atoms with E-state index in [4.69, 9.17) is 20.5 Å². The summed E-state index contributed by atoms with van der Waals surface area (Å²) in [6.45, 7) is 0.